The molecule has 0 unspecified atom stereocenters. The fraction of sp³-hybridized carbons (Fsp3) is 0.593. The molecular weight excluding hydrogens is 1220 g/mol. The standard InChI is InChI=1S/C59H91N15O19/c1-28(2)17-38(51(85)64-26-49(82)83)68-58(92)43(23-46(62)77)73-57(91)42(21-32-9-11-34(75)12-10-32)72-53(87)37(14-16-47(78)79)67-54(88)39(18-29(3)4)70-55(89)41(20-31(7)8)71-59(93)44(24-48(80)81)74-56(90)40(19-30(5)6)69-52(86)36(13-15-45(61)76)66-50(84)35(60)22-33-25-63-27-65-33/h9-12,25,27-31,35-44,75H,13-24,26,60H2,1-8H3,(H2,61,76)(H2,62,77)(H,63,65)(H,64,85)(H,66,84)(H,67,88)(H,68,92)(H,69,86)(H,70,89)(H,71,93)(H,72,87)(H,73,91)(H,74,90)(H,78,79)(H,80,81)(H,82,83)/t35-,36-,37-,38-,39-,40-,41-,42-,43-,44-/m0/s1. The van der Waals surface area contributed by atoms with Crippen LogP contribution in [-0.2, 0) is 84.8 Å². The largest absolute Gasteiger partial charge is 0.508 e. The number of amides is 12. The van der Waals surface area contributed by atoms with E-state index in [9.17, 15) is 87.2 Å². The van der Waals surface area contributed by atoms with E-state index in [2.05, 4.69) is 63.1 Å². The topological polar surface area (TPSA) is 564 Å². The number of rotatable bonds is 43. The number of carbonyl (C=O) groups excluding carboxylic acids is 12. The van der Waals surface area contributed by atoms with Crippen LogP contribution in [-0.4, -0.2) is 186 Å². The second-order valence-corrected chi connectivity index (χ2v) is 24.1. The number of aliphatic carboxylic acids is 3. The molecule has 1 heterocycles. The highest BCUT2D eigenvalue weighted by molar-refractivity contribution is 6.00. The number of carbonyl (C=O) groups is 15. The Morgan fingerprint density at radius 3 is 1.18 bits per heavy atom. The summed E-state index contributed by atoms with van der Waals surface area (Å²) >= 11 is 0. The highest BCUT2D eigenvalue weighted by Gasteiger charge is 2.38. The van der Waals surface area contributed by atoms with E-state index in [0.717, 1.165) is 0 Å². The predicted molar refractivity (Wildman–Crippen MR) is 329 cm³/mol. The molecular formula is C59H91N15O19. The molecule has 0 aliphatic carbocycles. The van der Waals surface area contributed by atoms with Crippen molar-refractivity contribution >= 4 is 88.8 Å². The van der Waals surface area contributed by atoms with Crippen molar-refractivity contribution in [3.05, 3.63) is 48.0 Å². The molecule has 21 N–H and O–H groups in total. The van der Waals surface area contributed by atoms with Crippen LogP contribution >= 0.6 is 0 Å². The fourth-order valence-electron chi connectivity index (χ4n) is 9.24. The lowest BCUT2D eigenvalue weighted by molar-refractivity contribution is -0.142. The summed E-state index contributed by atoms with van der Waals surface area (Å²) in [5.74, 6) is -18.4. The summed E-state index contributed by atoms with van der Waals surface area (Å²) in [5, 5.41) is 62.8. The summed E-state index contributed by atoms with van der Waals surface area (Å²) in [7, 11) is 0. The summed E-state index contributed by atoms with van der Waals surface area (Å²) < 4.78 is 0. The number of imidazole rings is 1. The second kappa shape index (κ2) is 39.5. The van der Waals surface area contributed by atoms with Crippen molar-refractivity contribution in [3.8, 4) is 5.75 Å². The molecule has 10 atom stereocenters. The fourth-order valence-corrected chi connectivity index (χ4v) is 9.24. The van der Waals surface area contributed by atoms with E-state index in [4.69, 9.17) is 22.3 Å². The van der Waals surface area contributed by atoms with Gasteiger partial charge in [-0.05, 0) is 79.9 Å². The molecule has 0 saturated carbocycles. The van der Waals surface area contributed by atoms with Gasteiger partial charge in [0.05, 0.1) is 25.2 Å². The Labute approximate surface area is 536 Å². The number of phenolic OH excluding ortho intramolecular Hbond substituents is 1. The van der Waals surface area contributed by atoms with Crippen molar-refractivity contribution in [2.75, 3.05) is 6.54 Å². The molecule has 0 radical (unpaired) electrons. The molecule has 93 heavy (non-hydrogen) atoms. The van der Waals surface area contributed by atoms with Crippen LogP contribution in [0.3, 0.4) is 0 Å². The number of aromatic hydroxyl groups is 1. The third kappa shape index (κ3) is 31.2. The third-order valence-electron chi connectivity index (χ3n) is 13.8. The molecule has 0 aliphatic rings. The number of nitrogens with one attached hydrogen (secondary N) is 11. The van der Waals surface area contributed by atoms with Gasteiger partial charge in [-0.2, -0.15) is 0 Å². The van der Waals surface area contributed by atoms with Crippen LogP contribution in [0.1, 0.15) is 131 Å². The summed E-state index contributed by atoms with van der Waals surface area (Å²) in [6.07, 6.45) is -2.11. The molecule has 12 amide bonds. The Morgan fingerprint density at radius 2 is 0.796 bits per heavy atom. The average molecular weight is 1310 g/mol. The van der Waals surface area contributed by atoms with Gasteiger partial charge in [-0.25, -0.2) is 4.98 Å². The number of nitrogens with two attached hydrogens (primary N) is 3. The van der Waals surface area contributed by atoms with Gasteiger partial charge in [0, 0.05) is 37.6 Å². The van der Waals surface area contributed by atoms with E-state index >= 15 is 0 Å². The first-order valence-corrected chi connectivity index (χ1v) is 30.2. The van der Waals surface area contributed by atoms with E-state index in [1.807, 2.05) is 0 Å². The monoisotopic (exact) mass is 1310 g/mol. The van der Waals surface area contributed by atoms with Crippen LogP contribution in [0.5, 0.6) is 5.75 Å². The van der Waals surface area contributed by atoms with E-state index in [-0.39, 0.29) is 68.1 Å². The molecule has 516 valence electrons. The van der Waals surface area contributed by atoms with Crippen LogP contribution in [0.15, 0.2) is 36.8 Å². The zero-order chi connectivity index (χ0) is 70.4. The van der Waals surface area contributed by atoms with E-state index in [1.54, 1.807) is 55.4 Å². The Bertz CT molecular complexity index is 2920. The minimum Gasteiger partial charge on any atom is -0.508 e. The summed E-state index contributed by atoms with van der Waals surface area (Å²) in [4.78, 5) is 206. The Hall–Kier alpha value is -9.76. The number of nitrogens with zero attached hydrogens (tertiary/aromatic N) is 1. The zero-order valence-corrected chi connectivity index (χ0v) is 53.3. The van der Waals surface area contributed by atoms with Crippen molar-refractivity contribution in [2.24, 2.45) is 40.9 Å². The number of aromatic nitrogens is 2. The maximum Gasteiger partial charge on any atom is 0.322 e. The lowest BCUT2D eigenvalue weighted by atomic mass is 9.99. The van der Waals surface area contributed by atoms with Crippen molar-refractivity contribution in [1.29, 1.82) is 0 Å². The van der Waals surface area contributed by atoms with Crippen LogP contribution in [0.2, 0.25) is 0 Å². The van der Waals surface area contributed by atoms with Crippen molar-refractivity contribution < 1.29 is 92.3 Å². The lowest BCUT2D eigenvalue weighted by Crippen LogP contribution is -2.61. The number of benzene rings is 1. The van der Waals surface area contributed by atoms with Gasteiger partial charge in [-0.3, -0.25) is 71.9 Å². The molecule has 2 aromatic rings. The van der Waals surface area contributed by atoms with Crippen LogP contribution in [0, 0.1) is 23.7 Å². The van der Waals surface area contributed by atoms with Crippen LogP contribution in [0.25, 0.3) is 0 Å². The van der Waals surface area contributed by atoms with Gasteiger partial charge in [0.15, 0.2) is 0 Å². The first-order chi connectivity index (χ1) is 43.4. The molecule has 1 aromatic heterocycles. The van der Waals surface area contributed by atoms with Crippen LogP contribution < -0.4 is 70.4 Å². The molecule has 0 saturated heterocycles. The molecule has 2 rings (SSSR count). The summed E-state index contributed by atoms with van der Waals surface area (Å²) in [5.41, 5.74) is 17.7. The number of hydrogen-bond donors (Lipinski definition) is 18. The smallest absolute Gasteiger partial charge is 0.322 e. The second-order valence-electron chi connectivity index (χ2n) is 24.1. The van der Waals surface area contributed by atoms with Crippen molar-refractivity contribution in [2.45, 2.75) is 193 Å². The van der Waals surface area contributed by atoms with Gasteiger partial charge in [-0.15, -0.1) is 0 Å². The third-order valence-corrected chi connectivity index (χ3v) is 13.8. The van der Waals surface area contributed by atoms with Gasteiger partial charge in [-0.1, -0.05) is 67.5 Å². The average Bonchev–Trinajstić information content (AvgIpc) is 3.44. The maximum atomic E-state index is 14.4. The molecule has 0 fully saturated rings. The van der Waals surface area contributed by atoms with E-state index in [0.29, 0.717) is 5.69 Å². The molecule has 0 aliphatic heterocycles. The Kier molecular flexibility index (Phi) is 33.7. The van der Waals surface area contributed by atoms with Gasteiger partial charge in [0.1, 0.15) is 66.7 Å². The summed E-state index contributed by atoms with van der Waals surface area (Å²) in [6, 6.07) is -10.7. The highest BCUT2D eigenvalue weighted by Crippen LogP contribution is 2.16. The number of hydrogen-bond acceptors (Lipinski definition) is 18. The van der Waals surface area contributed by atoms with Gasteiger partial charge in [0.25, 0.3) is 0 Å². The number of primary amides is 2. The first kappa shape index (κ1) is 79.3. The SMILES string of the molecule is CC(C)C[C@H](NC(=O)[C@H](CC(N)=O)NC(=O)[C@H](Cc1ccc(O)cc1)NC(=O)[C@H](CCC(=O)O)NC(=O)[C@H](CC(C)C)NC(=O)[C@H](CC(C)C)NC(=O)[C@H](CC(=O)O)NC(=O)[C@H](CC(C)C)NC(=O)[C@H](CCC(N)=O)NC(=O)[C@@H](N)Cc1cnc[nH]1)C(=O)NCC(=O)O. The van der Waals surface area contributed by atoms with E-state index < -0.39 is 200 Å². The summed E-state index contributed by atoms with van der Waals surface area (Å²) in [6.45, 7) is 12.6. The predicted octanol–water partition coefficient (Wildman–Crippen LogP) is -3.54. The van der Waals surface area contributed by atoms with Gasteiger partial charge in [0.2, 0.25) is 70.9 Å². The van der Waals surface area contributed by atoms with Gasteiger partial charge >= 0.3 is 17.9 Å². The molecule has 34 nitrogen and oxygen atoms in total. The molecule has 34 heteroatoms. The number of carboxylic acids is 3. The number of carboxylic acid groups (broad SMARTS) is 3. The zero-order valence-electron chi connectivity index (χ0n) is 53.3. The normalized spacial score (nSPS) is 14.4. The van der Waals surface area contributed by atoms with Gasteiger partial charge < -0.3 is 95.8 Å². The quantitative estimate of drug-likeness (QED) is 0.0306. The minimum absolute atomic E-state index is 0.0200. The van der Waals surface area contributed by atoms with Crippen molar-refractivity contribution in [1.82, 2.24) is 63.1 Å². The Morgan fingerprint density at radius 1 is 0.430 bits per heavy atom. The highest BCUT2D eigenvalue weighted by atomic mass is 16.4. The first-order valence-electron chi connectivity index (χ1n) is 30.2. The maximum absolute atomic E-state index is 14.4. The number of aromatic amines is 1. The number of H-pyrrole nitrogens is 1. The molecule has 0 spiro atoms. The minimum atomic E-state index is -1.92. The van der Waals surface area contributed by atoms with E-state index in [1.165, 1.54) is 36.8 Å². The number of phenols is 1. The van der Waals surface area contributed by atoms with Crippen molar-refractivity contribution in [3.63, 3.8) is 0 Å². The molecule has 0 bridgehead atoms. The Balaban J connectivity index is 2.52. The lowest BCUT2D eigenvalue weighted by Gasteiger charge is -2.29. The molecule has 1 aromatic carbocycles. The van der Waals surface area contributed by atoms with Crippen LogP contribution in [0.4, 0.5) is 0 Å².